The molecule has 0 radical (unpaired) electrons. The highest BCUT2D eigenvalue weighted by atomic mass is 35.5. The lowest BCUT2D eigenvalue weighted by molar-refractivity contribution is 0.173. The number of hydrogen-bond acceptors (Lipinski definition) is 2. The Bertz CT molecular complexity index is 371. The van der Waals surface area contributed by atoms with E-state index in [2.05, 4.69) is 33.0 Å². The fourth-order valence-electron chi connectivity index (χ4n) is 1.42. The third-order valence-electron chi connectivity index (χ3n) is 2.45. The Labute approximate surface area is 120 Å². The number of nitrogens with one attached hydrogen (secondary N) is 1. The zero-order valence-electron chi connectivity index (χ0n) is 11.4. The highest BCUT2D eigenvalue weighted by molar-refractivity contribution is 6.34. The van der Waals surface area contributed by atoms with Crippen LogP contribution in [-0.4, -0.2) is 19.2 Å². The van der Waals surface area contributed by atoms with Crippen LogP contribution in [0.15, 0.2) is 18.2 Å². The van der Waals surface area contributed by atoms with Crippen LogP contribution in [0.25, 0.3) is 0 Å². The molecule has 1 aromatic rings. The molecular weight excluding hydrogens is 269 g/mol. The molecule has 0 aliphatic carbocycles. The van der Waals surface area contributed by atoms with Crippen LogP contribution < -0.4 is 10.1 Å². The van der Waals surface area contributed by atoms with Gasteiger partial charge in [0.15, 0.2) is 0 Å². The Hall–Kier alpha value is -0.440. The molecule has 0 saturated heterocycles. The first-order valence-corrected chi connectivity index (χ1v) is 6.86. The van der Waals surface area contributed by atoms with Crippen molar-refractivity contribution in [3.63, 3.8) is 0 Å². The summed E-state index contributed by atoms with van der Waals surface area (Å²) in [6.45, 7) is 10.1. The monoisotopic (exact) mass is 289 g/mol. The standard InChI is InChI=1S/C14H21Cl2NO/c1-10(2)17-8-14(3,4)9-18-13-6-11(15)5-12(16)7-13/h5-7,10,17H,8-9H2,1-4H3. The second-order valence-corrected chi connectivity index (χ2v) is 6.47. The topological polar surface area (TPSA) is 21.3 Å². The lowest BCUT2D eigenvalue weighted by Gasteiger charge is -2.26. The van der Waals surface area contributed by atoms with Gasteiger partial charge in [-0.15, -0.1) is 0 Å². The average Bonchev–Trinajstić information content (AvgIpc) is 2.23. The molecule has 0 fully saturated rings. The molecule has 0 saturated carbocycles. The van der Waals surface area contributed by atoms with E-state index in [1.54, 1.807) is 18.2 Å². The zero-order chi connectivity index (χ0) is 13.8. The summed E-state index contributed by atoms with van der Waals surface area (Å²) in [5, 5.41) is 4.60. The summed E-state index contributed by atoms with van der Waals surface area (Å²) in [5.41, 5.74) is 0.0546. The molecule has 1 aromatic carbocycles. The second kappa shape index (κ2) is 6.65. The molecule has 0 atom stereocenters. The fourth-order valence-corrected chi connectivity index (χ4v) is 1.93. The number of ether oxygens (including phenoxy) is 1. The minimum Gasteiger partial charge on any atom is -0.493 e. The van der Waals surface area contributed by atoms with Gasteiger partial charge in [0.2, 0.25) is 0 Å². The van der Waals surface area contributed by atoms with E-state index in [0.29, 0.717) is 28.4 Å². The van der Waals surface area contributed by atoms with E-state index in [1.165, 1.54) is 0 Å². The molecule has 0 bridgehead atoms. The SMILES string of the molecule is CC(C)NCC(C)(C)COc1cc(Cl)cc(Cl)c1. The molecule has 0 amide bonds. The minimum atomic E-state index is 0.0546. The third-order valence-corrected chi connectivity index (χ3v) is 2.89. The smallest absolute Gasteiger partial charge is 0.122 e. The maximum Gasteiger partial charge on any atom is 0.122 e. The van der Waals surface area contributed by atoms with Crippen LogP contribution in [0.3, 0.4) is 0 Å². The maximum absolute atomic E-state index is 5.93. The van der Waals surface area contributed by atoms with Gasteiger partial charge in [-0.2, -0.15) is 0 Å². The Morgan fingerprint density at radius 3 is 2.22 bits per heavy atom. The van der Waals surface area contributed by atoms with Gasteiger partial charge in [-0.05, 0) is 18.2 Å². The minimum absolute atomic E-state index is 0.0546. The van der Waals surface area contributed by atoms with Crippen molar-refractivity contribution in [2.45, 2.75) is 33.7 Å². The first kappa shape index (κ1) is 15.6. The summed E-state index contributed by atoms with van der Waals surface area (Å²) in [7, 11) is 0. The van der Waals surface area contributed by atoms with E-state index < -0.39 is 0 Å². The zero-order valence-corrected chi connectivity index (χ0v) is 12.9. The first-order chi connectivity index (χ1) is 8.28. The van der Waals surface area contributed by atoms with Gasteiger partial charge in [0.1, 0.15) is 5.75 Å². The van der Waals surface area contributed by atoms with Crippen molar-refractivity contribution < 1.29 is 4.74 Å². The van der Waals surface area contributed by atoms with Gasteiger partial charge in [-0.3, -0.25) is 0 Å². The highest BCUT2D eigenvalue weighted by Crippen LogP contribution is 2.25. The Morgan fingerprint density at radius 1 is 1.17 bits per heavy atom. The average molecular weight is 290 g/mol. The highest BCUT2D eigenvalue weighted by Gasteiger charge is 2.19. The third kappa shape index (κ3) is 5.94. The van der Waals surface area contributed by atoms with E-state index in [4.69, 9.17) is 27.9 Å². The summed E-state index contributed by atoms with van der Waals surface area (Å²) in [5.74, 6) is 0.713. The summed E-state index contributed by atoms with van der Waals surface area (Å²) >= 11 is 11.9. The molecule has 1 N–H and O–H groups in total. The fraction of sp³-hybridized carbons (Fsp3) is 0.571. The summed E-state index contributed by atoms with van der Waals surface area (Å²) < 4.78 is 5.76. The molecule has 18 heavy (non-hydrogen) atoms. The van der Waals surface area contributed by atoms with Gasteiger partial charge in [-0.1, -0.05) is 50.9 Å². The molecule has 4 heteroatoms. The molecule has 102 valence electrons. The quantitative estimate of drug-likeness (QED) is 0.838. The van der Waals surface area contributed by atoms with Gasteiger partial charge in [0, 0.05) is 28.0 Å². The number of hydrogen-bond donors (Lipinski definition) is 1. The van der Waals surface area contributed by atoms with Crippen LogP contribution >= 0.6 is 23.2 Å². The van der Waals surface area contributed by atoms with Crippen molar-refractivity contribution in [3.05, 3.63) is 28.2 Å². The predicted octanol–water partition coefficient (Wildman–Crippen LogP) is 4.40. The van der Waals surface area contributed by atoms with Crippen molar-refractivity contribution >= 4 is 23.2 Å². The van der Waals surface area contributed by atoms with Crippen molar-refractivity contribution in [2.75, 3.05) is 13.2 Å². The van der Waals surface area contributed by atoms with Crippen molar-refractivity contribution in [2.24, 2.45) is 5.41 Å². The summed E-state index contributed by atoms with van der Waals surface area (Å²) in [4.78, 5) is 0. The lowest BCUT2D eigenvalue weighted by atomic mass is 9.94. The molecule has 0 aliphatic heterocycles. The number of halogens is 2. The van der Waals surface area contributed by atoms with Gasteiger partial charge >= 0.3 is 0 Å². The maximum atomic E-state index is 5.93. The lowest BCUT2D eigenvalue weighted by Crippen LogP contribution is -2.37. The van der Waals surface area contributed by atoms with Crippen molar-refractivity contribution in [1.82, 2.24) is 5.32 Å². The normalized spacial score (nSPS) is 11.9. The van der Waals surface area contributed by atoms with E-state index in [-0.39, 0.29) is 5.41 Å². The van der Waals surface area contributed by atoms with E-state index in [0.717, 1.165) is 6.54 Å². The van der Waals surface area contributed by atoms with Crippen LogP contribution in [-0.2, 0) is 0 Å². The number of rotatable bonds is 6. The van der Waals surface area contributed by atoms with E-state index in [9.17, 15) is 0 Å². The molecule has 0 aliphatic rings. The number of benzene rings is 1. The Morgan fingerprint density at radius 2 is 1.72 bits per heavy atom. The molecular formula is C14H21Cl2NO. The molecule has 0 aromatic heterocycles. The largest absolute Gasteiger partial charge is 0.493 e. The van der Waals surface area contributed by atoms with Crippen molar-refractivity contribution in [1.29, 1.82) is 0 Å². The first-order valence-electron chi connectivity index (χ1n) is 6.11. The molecule has 1 rings (SSSR count). The van der Waals surface area contributed by atoms with Crippen LogP contribution in [0.5, 0.6) is 5.75 Å². The molecule has 0 spiro atoms. The van der Waals surface area contributed by atoms with E-state index in [1.807, 2.05) is 0 Å². The summed E-state index contributed by atoms with van der Waals surface area (Å²) in [6, 6.07) is 5.73. The Balaban J connectivity index is 2.52. The predicted molar refractivity (Wildman–Crippen MR) is 78.9 cm³/mol. The molecule has 2 nitrogen and oxygen atoms in total. The van der Waals surface area contributed by atoms with Crippen LogP contribution in [0.2, 0.25) is 10.0 Å². The summed E-state index contributed by atoms with van der Waals surface area (Å²) in [6.07, 6.45) is 0. The van der Waals surface area contributed by atoms with Gasteiger partial charge in [0.05, 0.1) is 6.61 Å². The van der Waals surface area contributed by atoms with Crippen LogP contribution in [0, 0.1) is 5.41 Å². The second-order valence-electron chi connectivity index (χ2n) is 5.59. The van der Waals surface area contributed by atoms with E-state index >= 15 is 0 Å². The van der Waals surface area contributed by atoms with Gasteiger partial charge in [0.25, 0.3) is 0 Å². The van der Waals surface area contributed by atoms with Crippen LogP contribution in [0.4, 0.5) is 0 Å². The molecule has 0 unspecified atom stereocenters. The van der Waals surface area contributed by atoms with Crippen molar-refractivity contribution in [3.8, 4) is 5.75 Å². The Kier molecular flexibility index (Phi) is 5.77. The molecule has 0 heterocycles. The van der Waals surface area contributed by atoms with Gasteiger partial charge in [-0.25, -0.2) is 0 Å². The van der Waals surface area contributed by atoms with Gasteiger partial charge < -0.3 is 10.1 Å². The van der Waals surface area contributed by atoms with Crippen LogP contribution in [0.1, 0.15) is 27.7 Å².